The highest BCUT2D eigenvalue weighted by Gasteiger charge is 2.08. The van der Waals surface area contributed by atoms with E-state index in [9.17, 15) is 14.4 Å². The smallest absolute Gasteiger partial charge is 0.262 e. The van der Waals surface area contributed by atoms with Crippen molar-refractivity contribution in [3.05, 3.63) is 54.1 Å². The van der Waals surface area contributed by atoms with Crippen molar-refractivity contribution in [2.24, 2.45) is 0 Å². The van der Waals surface area contributed by atoms with Crippen LogP contribution in [0.5, 0.6) is 17.2 Å². The van der Waals surface area contributed by atoms with Gasteiger partial charge >= 0.3 is 0 Å². The highest BCUT2D eigenvalue weighted by molar-refractivity contribution is 5.95. The standard InChI is InChI=1S/C23H27N3O6/c1-4-32-18-9-7-17(8-10-18)24-21(27)13-14-23(29)26-25-22(28)12-6-16-5-11-19(30-2)20(15-16)31-3/h5-12,15H,4,13-14H2,1-3H3,(H,24,27)(H,25,28)(H,26,29). The summed E-state index contributed by atoms with van der Waals surface area (Å²) in [4.78, 5) is 35.7. The van der Waals surface area contributed by atoms with Crippen LogP contribution in [0.4, 0.5) is 5.69 Å². The van der Waals surface area contributed by atoms with Crippen molar-refractivity contribution in [3.63, 3.8) is 0 Å². The van der Waals surface area contributed by atoms with Crippen molar-refractivity contribution in [1.29, 1.82) is 0 Å². The van der Waals surface area contributed by atoms with Gasteiger partial charge in [0.05, 0.1) is 20.8 Å². The van der Waals surface area contributed by atoms with Crippen molar-refractivity contribution >= 4 is 29.5 Å². The molecule has 0 unspecified atom stereocenters. The Morgan fingerprint density at radius 2 is 1.56 bits per heavy atom. The number of carbonyl (C=O) groups is 3. The fourth-order valence-corrected chi connectivity index (χ4v) is 2.62. The number of hydrogen-bond donors (Lipinski definition) is 3. The second-order valence-electron chi connectivity index (χ2n) is 6.49. The summed E-state index contributed by atoms with van der Waals surface area (Å²) >= 11 is 0. The van der Waals surface area contributed by atoms with Gasteiger partial charge in [-0.1, -0.05) is 6.07 Å². The lowest BCUT2D eigenvalue weighted by molar-refractivity contribution is -0.128. The number of hydrogen-bond acceptors (Lipinski definition) is 6. The fraction of sp³-hybridized carbons (Fsp3) is 0.261. The Morgan fingerprint density at radius 3 is 2.22 bits per heavy atom. The first-order chi connectivity index (χ1) is 15.4. The molecule has 170 valence electrons. The molecular weight excluding hydrogens is 414 g/mol. The van der Waals surface area contributed by atoms with Crippen LogP contribution < -0.4 is 30.4 Å². The minimum atomic E-state index is -0.521. The summed E-state index contributed by atoms with van der Waals surface area (Å²) < 4.78 is 15.7. The number of rotatable bonds is 10. The molecular formula is C23H27N3O6. The summed E-state index contributed by atoms with van der Waals surface area (Å²) in [5, 5.41) is 2.70. The molecule has 9 heteroatoms. The molecule has 3 N–H and O–H groups in total. The van der Waals surface area contributed by atoms with Gasteiger partial charge in [-0.25, -0.2) is 0 Å². The van der Waals surface area contributed by atoms with Gasteiger partial charge in [-0.3, -0.25) is 25.2 Å². The van der Waals surface area contributed by atoms with Crippen LogP contribution >= 0.6 is 0 Å². The predicted molar refractivity (Wildman–Crippen MR) is 120 cm³/mol. The summed E-state index contributed by atoms with van der Waals surface area (Å²) in [6, 6.07) is 12.1. The summed E-state index contributed by atoms with van der Waals surface area (Å²) in [6.45, 7) is 2.45. The highest BCUT2D eigenvalue weighted by Crippen LogP contribution is 2.27. The Labute approximate surface area is 186 Å². The maximum absolute atomic E-state index is 12.0. The number of nitrogens with one attached hydrogen (secondary N) is 3. The van der Waals surface area contributed by atoms with E-state index in [0.717, 1.165) is 5.56 Å². The number of hydrazine groups is 1. The Kier molecular flexibility index (Phi) is 9.58. The molecule has 0 heterocycles. The van der Waals surface area contributed by atoms with Gasteiger partial charge in [0.2, 0.25) is 11.8 Å². The molecule has 0 fully saturated rings. The van der Waals surface area contributed by atoms with Crippen LogP contribution in [0.25, 0.3) is 6.08 Å². The lowest BCUT2D eigenvalue weighted by atomic mass is 10.2. The first-order valence-corrected chi connectivity index (χ1v) is 9.96. The predicted octanol–water partition coefficient (Wildman–Crippen LogP) is 2.68. The molecule has 2 rings (SSSR count). The van der Waals surface area contributed by atoms with Crippen LogP contribution in [0, 0.1) is 0 Å². The summed E-state index contributed by atoms with van der Waals surface area (Å²) in [6.07, 6.45) is 2.72. The number of amides is 3. The SMILES string of the molecule is CCOc1ccc(NC(=O)CCC(=O)NNC(=O)C=Cc2ccc(OC)c(OC)c2)cc1. The second kappa shape index (κ2) is 12.6. The second-order valence-corrected chi connectivity index (χ2v) is 6.49. The van der Waals surface area contributed by atoms with Crippen LogP contribution in [-0.4, -0.2) is 38.5 Å². The van der Waals surface area contributed by atoms with Gasteiger partial charge in [0.15, 0.2) is 11.5 Å². The third kappa shape index (κ3) is 8.02. The quantitative estimate of drug-likeness (QED) is 0.386. The van der Waals surface area contributed by atoms with Crippen molar-refractivity contribution in [1.82, 2.24) is 10.9 Å². The van der Waals surface area contributed by atoms with Crippen LogP contribution in [-0.2, 0) is 14.4 Å². The van der Waals surface area contributed by atoms with E-state index in [2.05, 4.69) is 16.2 Å². The monoisotopic (exact) mass is 441 g/mol. The molecule has 0 bridgehead atoms. The van der Waals surface area contributed by atoms with E-state index in [-0.39, 0.29) is 18.7 Å². The molecule has 0 saturated heterocycles. The van der Waals surface area contributed by atoms with Gasteiger partial charge in [-0.2, -0.15) is 0 Å². The number of anilines is 1. The van der Waals surface area contributed by atoms with E-state index < -0.39 is 11.8 Å². The summed E-state index contributed by atoms with van der Waals surface area (Å²) in [5.74, 6) is 0.497. The third-order valence-corrected chi connectivity index (χ3v) is 4.19. The molecule has 0 aliphatic heterocycles. The Balaban J connectivity index is 1.72. The van der Waals surface area contributed by atoms with Gasteiger partial charge in [0.1, 0.15) is 5.75 Å². The molecule has 0 spiro atoms. The number of ether oxygens (including phenoxy) is 3. The minimum absolute atomic E-state index is 0.0314. The van der Waals surface area contributed by atoms with Gasteiger partial charge in [-0.15, -0.1) is 0 Å². The zero-order valence-corrected chi connectivity index (χ0v) is 18.3. The van der Waals surface area contributed by atoms with Gasteiger partial charge in [0.25, 0.3) is 5.91 Å². The van der Waals surface area contributed by atoms with E-state index in [1.807, 2.05) is 6.92 Å². The molecule has 0 aliphatic carbocycles. The Bertz CT molecular complexity index is 957. The van der Waals surface area contributed by atoms with Crippen molar-refractivity contribution in [2.45, 2.75) is 19.8 Å². The maximum atomic E-state index is 12.0. The average Bonchev–Trinajstić information content (AvgIpc) is 2.81. The van der Waals surface area contributed by atoms with Crippen molar-refractivity contribution < 1.29 is 28.6 Å². The van der Waals surface area contributed by atoms with Gasteiger partial charge < -0.3 is 19.5 Å². The number of benzene rings is 2. The molecule has 9 nitrogen and oxygen atoms in total. The van der Waals surface area contributed by atoms with Crippen LogP contribution in [0.2, 0.25) is 0 Å². The fourth-order valence-electron chi connectivity index (χ4n) is 2.62. The summed E-state index contributed by atoms with van der Waals surface area (Å²) in [7, 11) is 3.05. The molecule has 3 amide bonds. The maximum Gasteiger partial charge on any atom is 0.262 e. The number of carbonyl (C=O) groups excluding carboxylic acids is 3. The molecule has 0 atom stereocenters. The Hall–Kier alpha value is -4.01. The lowest BCUT2D eigenvalue weighted by Crippen LogP contribution is -2.41. The molecule has 0 aromatic heterocycles. The topological polar surface area (TPSA) is 115 Å². The molecule has 2 aromatic carbocycles. The van der Waals surface area contributed by atoms with Crippen LogP contribution in [0.15, 0.2) is 48.5 Å². The molecule has 0 saturated carbocycles. The van der Waals surface area contributed by atoms with E-state index in [1.165, 1.54) is 20.3 Å². The summed E-state index contributed by atoms with van der Waals surface area (Å²) in [5.41, 5.74) is 5.86. The molecule has 32 heavy (non-hydrogen) atoms. The van der Waals surface area contributed by atoms with Gasteiger partial charge in [0, 0.05) is 24.6 Å². The van der Waals surface area contributed by atoms with E-state index in [1.54, 1.807) is 48.5 Å². The van der Waals surface area contributed by atoms with Gasteiger partial charge in [-0.05, 0) is 55.0 Å². The minimum Gasteiger partial charge on any atom is -0.494 e. The van der Waals surface area contributed by atoms with Crippen molar-refractivity contribution in [2.75, 3.05) is 26.1 Å². The van der Waals surface area contributed by atoms with Crippen LogP contribution in [0.1, 0.15) is 25.3 Å². The zero-order valence-electron chi connectivity index (χ0n) is 18.3. The molecule has 0 radical (unpaired) electrons. The molecule has 0 aliphatic rings. The van der Waals surface area contributed by atoms with Crippen molar-refractivity contribution in [3.8, 4) is 17.2 Å². The number of methoxy groups -OCH3 is 2. The normalized spacial score (nSPS) is 10.3. The lowest BCUT2D eigenvalue weighted by Gasteiger charge is -2.08. The highest BCUT2D eigenvalue weighted by atomic mass is 16.5. The van der Waals surface area contributed by atoms with Crippen LogP contribution in [0.3, 0.4) is 0 Å². The zero-order chi connectivity index (χ0) is 23.3. The largest absolute Gasteiger partial charge is 0.494 e. The van der Waals surface area contributed by atoms with E-state index >= 15 is 0 Å². The third-order valence-electron chi connectivity index (χ3n) is 4.19. The first-order valence-electron chi connectivity index (χ1n) is 9.96. The van der Waals surface area contributed by atoms with E-state index in [0.29, 0.717) is 29.5 Å². The average molecular weight is 441 g/mol. The Morgan fingerprint density at radius 1 is 0.875 bits per heavy atom. The first kappa shape index (κ1) is 24.3. The van der Waals surface area contributed by atoms with E-state index in [4.69, 9.17) is 14.2 Å². The molecule has 2 aromatic rings.